The van der Waals surface area contributed by atoms with Gasteiger partial charge in [0.1, 0.15) is 0 Å². The van der Waals surface area contributed by atoms with Crippen molar-refractivity contribution in [1.82, 2.24) is 0 Å². The summed E-state index contributed by atoms with van der Waals surface area (Å²) in [6.07, 6.45) is 10.9. The van der Waals surface area contributed by atoms with E-state index < -0.39 is 33.4 Å². The molecule has 1 aromatic rings. The third-order valence-corrected chi connectivity index (χ3v) is 15.8. The summed E-state index contributed by atoms with van der Waals surface area (Å²) in [5.41, 5.74) is -0.825. The van der Waals surface area contributed by atoms with Crippen LogP contribution in [0.2, 0.25) is 0 Å². The molecule has 43 heavy (non-hydrogen) atoms. The van der Waals surface area contributed by atoms with Crippen LogP contribution >= 0.6 is 0 Å². The van der Waals surface area contributed by atoms with Crippen molar-refractivity contribution >= 4 is 9.84 Å². The Morgan fingerprint density at radius 1 is 0.884 bits per heavy atom. The molecule has 0 aliphatic heterocycles. The van der Waals surface area contributed by atoms with Crippen LogP contribution in [0.15, 0.2) is 35.2 Å². The second kappa shape index (κ2) is 11.9. The van der Waals surface area contributed by atoms with E-state index in [9.17, 15) is 27.4 Å². The van der Waals surface area contributed by atoms with Gasteiger partial charge in [-0.3, -0.25) is 0 Å². The van der Waals surface area contributed by atoms with Crippen LogP contribution in [-0.4, -0.2) is 48.3 Å². The topological polar surface area (TPSA) is 83.8 Å². The number of aliphatic hydroxyl groups is 2. The Kier molecular flexibility index (Phi) is 8.84. The molecule has 1 aromatic carbocycles. The molecule has 242 valence electrons. The Morgan fingerprint density at radius 2 is 1.56 bits per heavy atom. The third-order valence-electron chi connectivity index (χ3n) is 13.7. The van der Waals surface area contributed by atoms with Gasteiger partial charge in [0.15, 0.2) is 9.84 Å². The number of ether oxygens (including phenoxy) is 1. The number of sulfone groups is 1. The zero-order valence-electron chi connectivity index (χ0n) is 26.0. The maximum atomic E-state index is 14.2. The van der Waals surface area contributed by atoms with E-state index in [-0.39, 0.29) is 36.7 Å². The average molecular weight is 623 g/mol. The smallest absolute Gasteiger partial charge is 0.345 e. The van der Waals surface area contributed by atoms with Gasteiger partial charge >= 0.3 is 6.61 Å². The molecule has 5 aliphatic rings. The minimum Gasteiger partial charge on any atom is -0.393 e. The number of fused-ring (bicyclic) bond motifs is 5. The molecule has 5 saturated carbocycles. The van der Waals surface area contributed by atoms with E-state index in [0.717, 1.165) is 38.5 Å². The lowest BCUT2D eigenvalue weighted by Crippen LogP contribution is -2.54. The van der Waals surface area contributed by atoms with Gasteiger partial charge in [-0.1, -0.05) is 32.0 Å². The summed E-state index contributed by atoms with van der Waals surface area (Å²) in [5, 5.41) is 21.3. The number of alkyl halides is 2. The molecule has 5 nitrogen and oxygen atoms in total. The van der Waals surface area contributed by atoms with Crippen LogP contribution in [0.1, 0.15) is 110 Å². The Balaban J connectivity index is 1.22. The predicted octanol–water partition coefficient (Wildman–Crippen LogP) is 7.54. The highest BCUT2D eigenvalue weighted by molar-refractivity contribution is 7.92. The van der Waals surface area contributed by atoms with Crippen LogP contribution in [0.3, 0.4) is 0 Å². The number of rotatable bonds is 8. The zero-order chi connectivity index (χ0) is 30.6. The summed E-state index contributed by atoms with van der Waals surface area (Å²) in [6, 6.07) is 8.63. The van der Waals surface area contributed by atoms with E-state index >= 15 is 0 Å². The molecule has 2 N–H and O–H groups in total. The molecule has 5 fully saturated rings. The highest BCUT2D eigenvalue weighted by atomic mass is 32.2. The lowest BCUT2D eigenvalue weighted by molar-refractivity contribution is -0.181. The van der Waals surface area contributed by atoms with Crippen molar-refractivity contribution in [3.05, 3.63) is 30.3 Å². The summed E-state index contributed by atoms with van der Waals surface area (Å²) in [4.78, 5) is 0.299. The van der Waals surface area contributed by atoms with Gasteiger partial charge in [-0.2, -0.15) is 8.78 Å². The largest absolute Gasteiger partial charge is 0.393 e. The minimum atomic E-state index is -3.71. The fourth-order valence-electron chi connectivity index (χ4n) is 11.2. The van der Waals surface area contributed by atoms with Gasteiger partial charge in [-0.05, 0) is 149 Å². The predicted molar refractivity (Wildman–Crippen MR) is 162 cm³/mol. The summed E-state index contributed by atoms with van der Waals surface area (Å²) in [6.45, 7) is 2.09. The first-order valence-corrected chi connectivity index (χ1v) is 18.5. The summed E-state index contributed by atoms with van der Waals surface area (Å²) in [7, 11) is -3.71. The van der Waals surface area contributed by atoms with Gasteiger partial charge in [0.05, 0.1) is 28.0 Å². The number of aliphatic hydroxyl groups excluding tert-OH is 1. The van der Waals surface area contributed by atoms with E-state index in [0.29, 0.717) is 53.2 Å². The summed E-state index contributed by atoms with van der Waals surface area (Å²) >= 11 is 0. The Bertz CT molecular complexity index is 1220. The van der Waals surface area contributed by atoms with Crippen LogP contribution in [0.4, 0.5) is 8.78 Å². The molecule has 0 aromatic heterocycles. The van der Waals surface area contributed by atoms with E-state index in [1.807, 2.05) is 6.07 Å². The molecule has 0 bridgehead atoms. The maximum Gasteiger partial charge on any atom is 0.345 e. The normalized spacial score (nSPS) is 43.9. The lowest BCUT2D eigenvalue weighted by Gasteiger charge is -2.61. The van der Waals surface area contributed by atoms with E-state index in [1.54, 1.807) is 24.3 Å². The highest BCUT2D eigenvalue weighted by Gasteiger charge is 2.60. The maximum absolute atomic E-state index is 14.2. The van der Waals surface area contributed by atoms with Crippen molar-refractivity contribution in [2.45, 2.75) is 145 Å². The molecule has 0 radical (unpaired) electrons. The quantitative estimate of drug-likeness (QED) is 0.313. The molecule has 6 rings (SSSR count). The van der Waals surface area contributed by atoms with Crippen LogP contribution < -0.4 is 0 Å². The van der Waals surface area contributed by atoms with Crippen molar-refractivity contribution in [3.8, 4) is 0 Å². The fourth-order valence-corrected chi connectivity index (χ4v) is 13.1. The fraction of sp³-hybridized carbons (Fsp3) is 0.829. The van der Waals surface area contributed by atoms with E-state index in [2.05, 4.69) is 13.8 Å². The number of hydrogen-bond acceptors (Lipinski definition) is 5. The van der Waals surface area contributed by atoms with Gasteiger partial charge in [-0.25, -0.2) is 8.42 Å². The molecule has 0 spiro atoms. The van der Waals surface area contributed by atoms with Crippen LogP contribution in [0, 0.1) is 40.4 Å². The minimum absolute atomic E-state index is 0.0778. The van der Waals surface area contributed by atoms with Crippen LogP contribution in [0.25, 0.3) is 0 Å². The van der Waals surface area contributed by atoms with Crippen molar-refractivity contribution in [2.24, 2.45) is 40.4 Å². The second-order valence-corrected chi connectivity index (χ2v) is 17.9. The van der Waals surface area contributed by atoms with Crippen LogP contribution in [-0.2, 0) is 14.6 Å². The molecular formula is C35H52F2O5S. The highest BCUT2D eigenvalue weighted by Crippen LogP contribution is 2.68. The summed E-state index contributed by atoms with van der Waals surface area (Å²) in [5.74, 6) is 2.82. The monoisotopic (exact) mass is 622 g/mol. The number of halogens is 2. The third kappa shape index (κ3) is 5.96. The molecule has 0 saturated heterocycles. The van der Waals surface area contributed by atoms with Gasteiger partial charge in [0.2, 0.25) is 0 Å². The Labute approximate surface area is 257 Å². The molecule has 8 heteroatoms. The molecule has 9 atom stereocenters. The van der Waals surface area contributed by atoms with Gasteiger partial charge < -0.3 is 14.9 Å². The first-order valence-electron chi connectivity index (χ1n) is 17.0. The van der Waals surface area contributed by atoms with E-state index in [1.165, 1.54) is 19.3 Å². The lowest BCUT2D eigenvalue weighted by atomic mass is 9.44. The van der Waals surface area contributed by atoms with Crippen molar-refractivity contribution in [2.75, 3.05) is 0 Å². The number of benzene rings is 1. The molecule has 5 aliphatic carbocycles. The van der Waals surface area contributed by atoms with Crippen molar-refractivity contribution in [1.29, 1.82) is 0 Å². The summed E-state index contributed by atoms with van der Waals surface area (Å²) < 4.78 is 58.8. The molecular weight excluding hydrogens is 570 g/mol. The van der Waals surface area contributed by atoms with E-state index in [4.69, 9.17) is 4.74 Å². The zero-order valence-corrected chi connectivity index (χ0v) is 26.8. The second-order valence-electron chi connectivity index (χ2n) is 15.6. The van der Waals surface area contributed by atoms with Crippen LogP contribution in [0.5, 0.6) is 0 Å². The van der Waals surface area contributed by atoms with Crippen molar-refractivity contribution < 1.29 is 32.1 Å². The molecule has 0 amide bonds. The first-order chi connectivity index (χ1) is 20.3. The first kappa shape index (κ1) is 31.9. The SMILES string of the molecule is CC12CCC3C(CCC4CC(O)CC[C@@]43C)C1CC[C@@H]2CC(CC1(O)CCC(OC(F)F)CC1)S(=O)(=O)c1ccccc1. The Morgan fingerprint density at radius 3 is 2.26 bits per heavy atom. The van der Waals surface area contributed by atoms with Crippen molar-refractivity contribution in [3.63, 3.8) is 0 Å². The average Bonchev–Trinajstić information content (AvgIpc) is 3.30. The number of hydrogen-bond donors (Lipinski definition) is 2. The molecule has 0 heterocycles. The van der Waals surface area contributed by atoms with Gasteiger partial charge in [-0.15, -0.1) is 0 Å². The molecule has 7 unspecified atom stereocenters. The van der Waals surface area contributed by atoms with Gasteiger partial charge in [0, 0.05) is 0 Å². The standard InChI is InChI=1S/C35H52F2O5S/c1-33-16-12-25(38)20-23(33)8-10-29-30-11-9-24(34(30,2)17-15-31(29)33)21-28(43(40,41)27-6-4-3-5-7-27)22-35(39)18-13-26(14-19-35)42-32(36)37/h3-7,23-26,28-32,38-39H,8-22H2,1-2H3/t23?,24-,25?,26?,28?,29?,30?,31?,33+,34?,35?/m1/s1. The Hall–Kier alpha value is -1.09. The van der Waals surface area contributed by atoms with Gasteiger partial charge in [0.25, 0.3) is 0 Å².